The van der Waals surface area contributed by atoms with E-state index in [1.165, 1.54) is 6.20 Å². The fourth-order valence-corrected chi connectivity index (χ4v) is 1.37. The van der Waals surface area contributed by atoms with Crippen LogP contribution in [0.15, 0.2) is 12.3 Å². The van der Waals surface area contributed by atoms with Gasteiger partial charge in [0.15, 0.2) is 11.6 Å². The van der Waals surface area contributed by atoms with Crippen molar-refractivity contribution >= 4 is 11.8 Å². The van der Waals surface area contributed by atoms with E-state index in [2.05, 4.69) is 15.1 Å². The Bertz CT molecular complexity index is 516. The topological polar surface area (TPSA) is 105 Å². The molecule has 0 saturated carbocycles. The Morgan fingerprint density at radius 1 is 1.41 bits per heavy atom. The summed E-state index contributed by atoms with van der Waals surface area (Å²) in [5, 5.41) is 4.26. The van der Waals surface area contributed by atoms with Crippen molar-refractivity contribution in [3.63, 3.8) is 0 Å². The maximum Gasteiger partial charge on any atom is 0.222 e. The third-order valence-electron chi connectivity index (χ3n) is 2.34. The van der Waals surface area contributed by atoms with Gasteiger partial charge in [-0.3, -0.25) is 4.68 Å². The highest BCUT2D eigenvalue weighted by Gasteiger charge is 2.06. The number of aromatic nitrogens is 4. The number of hydrogen-bond donors (Lipinski definition) is 2. The van der Waals surface area contributed by atoms with E-state index < -0.39 is 0 Å². The molecule has 0 bridgehead atoms. The highest BCUT2D eigenvalue weighted by Crippen LogP contribution is 2.18. The van der Waals surface area contributed by atoms with Crippen LogP contribution >= 0.6 is 0 Å². The lowest BCUT2D eigenvalue weighted by Gasteiger charge is -2.05. The molecule has 0 radical (unpaired) electrons. The minimum absolute atomic E-state index is 0.128. The molecule has 0 aliphatic carbocycles. The van der Waals surface area contributed by atoms with Gasteiger partial charge in [0, 0.05) is 12.7 Å². The maximum atomic E-state index is 5.64. The summed E-state index contributed by atoms with van der Waals surface area (Å²) >= 11 is 0. The second kappa shape index (κ2) is 4.28. The van der Waals surface area contributed by atoms with E-state index in [9.17, 15) is 0 Å². The lowest BCUT2D eigenvalue weighted by molar-refractivity contribution is 0.299. The van der Waals surface area contributed by atoms with Crippen LogP contribution in [0, 0.1) is 6.92 Å². The van der Waals surface area contributed by atoms with Crippen molar-refractivity contribution in [3.8, 4) is 5.75 Å². The van der Waals surface area contributed by atoms with Gasteiger partial charge in [-0.25, -0.2) is 4.98 Å². The molecular formula is C10H14N6O. The highest BCUT2D eigenvalue weighted by molar-refractivity contribution is 5.46. The summed E-state index contributed by atoms with van der Waals surface area (Å²) < 4.78 is 7.24. The van der Waals surface area contributed by atoms with Crippen molar-refractivity contribution in [2.24, 2.45) is 7.05 Å². The number of hydrogen-bond acceptors (Lipinski definition) is 6. The second-order valence-corrected chi connectivity index (χ2v) is 3.67. The maximum absolute atomic E-state index is 5.64. The number of nitrogens with zero attached hydrogens (tertiary/aromatic N) is 4. The number of anilines is 2. The quantitative estimate of drug-likeness (QED) is 0.789. The van der Waals surface area contributed by atoms with Crippen LogP contribution in [0.1, 0.15) is 11.4 Å². The molecule has 0 aliphatic heterocycles. The summed E-state index contributed by atoms with van der Waals surface area (Å²) in [6.45, 7) is 2.29. The predicted octanol–water partition coefficient (Wildman–Crippen LogP) is 0.262. The zero-order valence-corrected chi connectivity index (χ0v) is 9.71. The van der Waals surface area contributed by atoms with Crippen LogP contribution in [0.3, 0.4) is 0 Å². The van der Waals surface area contributed by atoms with E-state index in [1.54, 1.807) is 4.68 Å². The van der Waals surface area contributed by atoms with Gasteiger partial charge in [-0.1, -0.05) is 0 Å². The number of ether oxygens (including phenoxy) is 1. The summed E-state index contributed by atoms with van der Waals surface area (Å²) in [5.41, 5.74) is 12.9. The van der Waals surface area contributed by atoms with Gasteiger partial charge < -0.3 is 16.2 Å². The van der Waals surface area contributed by atoms with Gasteiger partial charge in [-0.05, 0) is 13.0 Å². The molecule has 2 rings (SSSR count). The summed E-state index contributed by atoms with van der Waals surface area (Å²) in [6, 6.07) is 1.94. The van der Waals surface area contributed by atoms with E-state index in [1.807, 2.05) is 20.0 Å². The normalized spacial score (nSPS) is 10.5. The first-order chi connectivity index (χ1) is 8.06. The Labute approximate surface area is 98.4 Å². The highest BCUT2D eigenvalue weighted by atomic mass is 16.5. The lowest BCUT2D eigenvalue weighted by atomic mass is 10.4. The molecule has 2 heterocycles. The molecule has 0 saturated heterocycles. The molecule has 0 amide bonds. The SMILES string of the molecule is Cc1cc(COc2cnc(N)nc2N)nn1C. The summed E-state index contributed by atoms with van der Waals surface area (Å²) in [4.78, 5) is 7.61. The van der Waals surface area contributed by atoms with Crippen LogP contribution < -0.4 is 16.2 Å². The zero-order chi connectivity index (χ0) is 12.4. The third kappa shape index (κ3) is 2.44. The smallest absolute Gasteiger partial charge is 0.222 e. The molecule has 0 aromatic carbocycles. The van der Waals surface area contributed by atoms with Gasteiger partial charge in [0.05, 0.1) is 6.20 Å². The van der Waals surface area contributed by atoms with Crippen molar-refractivity contribution < 1.29 is 4.74 Å². The fraction of sp³-hybridized carbons (Fsp3) is 0.300. The van der Waals surface area contributed by atoms with E-state index in [0.29, 0.717) is 12.4 Å². The molecule has 0 fully saturated rings. The first-order valence-corrected chi connectivity index (χ1v) is 5.06. The van der Waals surface area contributed by atoms with Crippen molar-refractivity contribution in [2.45, 2.75) is 13.5 Å². The van der Waals surface area contributed by atoms with Crippen molar-refractivity contribution in [1.82, 2.24) is 19.7 Å². The molecule has 17 heavy (non-hydrogen) atoms. The average Bonchev–Trinajstić information content (AvgIpc) is 2.57. The molecule has 7 heteroatoms. The second-order valence-electron chi connectivity index (χ2n) is 3.67. The average molecular weight is 234 g/mol. The van der Waals surface area contributed by atoms with Crippen molar-refractivity contribution in [2.75, 3.05) is 11.5 Å². The van der Waals surface area contributed by atoms with E-state index >= 15 is 0 Å². The van der Waals surface area contributed by atoms with E-state index in [0.717, 1.165) is 11.4 Å². The molecule has 7 nitrogen and oxygen atoms in total. The molecule has 0 spiro atoms. The van der Waals surface area contributed by atoms with Gasteiger partial charge in [0.1, 0.15) is 12.3 Å². The number of nitrogen functional groups attached to an aromatic ring is 2. The largest absolute Gasteiger partial charge is 0.482 e. The van der Waals surface area contributed by atoms with Gasteiger partial charge >= 0.3 is 0 Å². The Hall–Kier alpha value is -2.31. The molecular weight excluding hydrogens is 220 g/mol. The van der Waals surface area contributed by atoms with Crippen LogP contribution in [0.4, 0.5) is 11.8 Å². The van der Waals surface area contributed by atoms with Crippen LogP contribution in [0.25, 0.3) is 0 Å². The van der Waals surface area contributed by atoms with Crippen molar-refractivity contribution in [3.05, 3.63) is 23.7 Å². The summed E-state index contributed by atoms with van der Waals surface area (Å²) in [6.07, 6.45) is 1.45. The predicted molar refractivity (Wildman–Crippen MR) is 63.1 cm³/mol. The van der Waals surface area contributed by atoms with Gasteiger partial charge in [-0.2, -0.15) is 10.1 Å². The van der Waals surface area contributed by atoms with Gasteiger partial charge in [0.2, 0.25) is 5.95 Å². The number of aryl methyl sites for hydroxylation is 2. The van der Waals surface area contributed by atoms with Gasteiger partial charge in [0.25, 0.3) is 0 Å². The Balaban J connectivity index is 2.07. The first kappa shape index (κ1) is 11.2. The number of rotatable bonds is 3. The molecule has 0 atom stereocenters. The van der Waals surface area contributed by atoms with Crippen LogP contribution in [-0.2, 0) is 13.7 Å². The summed E-state index contributed by atoms with van der Waals surface area (Å²) in [7, 11) is 1.87. The lowest BCUT2D eigenvalue weighted by Crippen LogP contribution is -2.04. The Morgan fingerprint density at radius 3 is 2.76 bits per heavy atom. The van der Waals surface area contributed by atoms with Crippen molar-refractivity contribution in [1.29, 1.82) is 0 Å². The van der Waals surface area contributed by atoms with Gasteiger partial charge in [-0.15, -0.1) is 0 Å². The van der Waals surface area contributed by atoms with Crippen LogP contribution in [0.5, 0.6) is 5.75 Å². The Morgan fingerprint density at radius 2 is 2.18 bits per heavy atom. The molecule has 0 unspecified atom stereocenters. The summed E-state index contributed by atoms with van der Waals surface area (Å²) in [5.74, 6) is 0.760. The van der Waals surface area contributed by atoms with Crippen LogP contribution in [-0.4, -0.2) is 19.7 Å². The Kier molecular flexibility index (Phi) is 2.82. The molecule has 2 aromatic rings. The molecule has 2 aromatic heterocycles. The molecule has 4 N–H and O–H groups in total. The fourth-order valence-electron chi connectivity index (χ4n) is 1.37. The number of nitrogens with two attached hydrogens (primary N) is 2. The molecule has 0 aliphatic rings. The monoisotopic (exact) mass is 234 g/mol. The molecule has 90 valence electrons. The van der Waals surface area contributed by atoms with E-state index in [-0.39, 0.29) is 11.8 Å². The van der Waals surface area contributed by atoms with Crippen LogP contribution in [0.2, 0.25) is 0 Å². The standard InChI is InChI=1S/C10H14N6O/c1-6-3-7(15-16(6)2)5-17-8-4-13-10(12)14-9(8)11/h3-4H,5H2,1-2H3,(H4,11,12,13,14). The van der Waals surface area contributed by atoms with E-state index in [4.69, 9.17) is 16.2 Å². The first-order valence-electron chi connectivity index (χ1n) is 5.06. The third-order valence-corrected chi connectivity index (χ3v) is 2.34. The minimum Gasteiger partial charge on any atom is -0.482 e. The minimum atomic E-state index is 0.128. The zero-order valence-electron chi connectivity index (χ0n) is 9.71.